The number of alkyl halides is 1. The number of rotatable bonds is 7. The number of ketones is 1. The number of hydrogen-bond donors (Lipinski definition) is 0. The number of anilines is 1. The van der Waals surface area contributed by atoms with Gasteiger partial charge < -0.3 is 4.90 Å². The summed E-state index contributed by atoms with van der Waals surface area (Å²) in [7, 11) is 0. The number of carbonyl (C=O) groups excluding carboxylic acids is 2. The summed E-state index contributed by atoms with van der Waals surface area (Å²) in [6, 6.07) is 2.56. The lowest BCUT2D eigenvalue weighted by Gasteiger charge is -2.24. The van der Waals surface area contributed by atoms with E-state index < -0.39 is 24.1 Å². The van der Waals surface area contributed by atoms with Crippen LogP contribution in [-0.4, -0.2) is 52.0 Å². The number of halogens is 4. The van der Waals surface area contributed by atoms with E-state index in [9.17, 15) is 18.4 Å². The summed E-state index contributed by atoms with van der Waals surface area (Å²) in [5, 5.41) is 0.510. The molecule has 0 spiro atoms. The van der Waals surface area contributed by atoms with Crippen LogP contribution in [0, 0.1) is 5.82 Å². The lowest BCUT2D eigenvalue weighted by Crippen LogP contribution is -2.43. The Morgan fingerprint density at radius 3 is 2.72 bits per heavy atom. The molecule has 1 aliphatic rings. The highest BCUT2D eigenvalue weighted by Gasteiger charge is 2.43. The molecule has 3 heterocycles. The van der Waals surface area contributed by atoms with Crippen molar-refractivity contribution in [3.8, 4) is 0 Å². The van der Waals surface area contributed by atoms with Crippen LogP contribution in [0.2, 0.25) is 10.0 Å². The summed E-state index contributed by atoms with van der Waals surface area (Å²) in [6.07, 6.45) is 1.38. The number of urea groups is 1. The van der Waals surface area contributed by atoms with Gasteiger partial charge in [0.25, 0.3) is 0 Å². The van der Waals surface area contributed by atoms with E-state index in [1.807, 2.05) is 0 Å². The normalized spacial score (nSPS) is 17.7. The van der Waals surface area contributed by atoms with Crippen LogP contribution in [0.4, 0.5) is 19.4 Å². The Morgan fingerprint density at radius 1 is 1.31 bits per heavy atom. The van der Waals surface area contributed by atoms with Crippen molar-refractivity contribution in [3.63, 3.8) is 0 Å². The Bertz CT molecular complexity index is 931. The zero-order valence-corrected chi connectivity index (χ0v) is 17.0. The second kappa shape index (κ2) is 9.00. The monoisotopic (exact) mass is 442 g/mol. The summed E-state index contributed by atoms with van der Waals surface area (Å²) >= 11 is 11.6. The van der Waals surface area contributed by atoms with Gasteiger partial charge in [-0.05, 0) is 24.6 Å². The average molecular weight is 443 g/mol. The molecule has 29 heavy (non-hydrogen) atoms. The number of nitrogens with zero attached hydrogens (tertiary/aromatic N) is 4. The topological polar surface area (TPSA) is 66.4 Å². The molecule has 1 saturated heterocycles. The van der Waals surface area contributed by atoms with Gasteiger partial charge in [-0.1, -0.05) is 30.1 Å². The highest BCUT2D eigenvalue weighted by Crippen LogP contribution is 2.29. The quantitative estimate of drug-likeness (QED) is 0.647. The molecule has 0 saturated carbocycles. The molecule has 0 N–H and O–H groups in total. The molecule has 3 rings (SSSR count). The first-order chi connectivity index (χ1) is 13.8. The van der Waals surface area contributed by atoms with Gasteiger partial charge in [0.2, 0.25) is 0 Å². The van der Waals surface area contributed by atoms with E-state index >= 15 is 0 Å². The van der Waals surface area contributed by atoms with Crippen LogP contribution < -0.4 is 4.90 Å². The van der Waals surface area contributed by atoms with E-state index in [2.05, 4.69) is 9.97 Å². The third-order valence-corrected chi connectivity index (χ3v) is 5.04. The maximum Gasteiger partial charge on any atom is 0.326 e. The Labute approximate surface area is 176 Å². The van der Waals surface area contributed by atoms with E-state index in [4.69, 9.17) is 23.2 Å². The number of pyridine rings is 2. The lowest BCUT2D eigenvalue weighted by atomic mass is 10.1. The third kappa shape index (κ3) is 4.82. The SMILES string of the molecule is CC[C@H](F)[C@H]1CN(c2ncc(Cl)cc2F)C(=O)N1CC(=O)Cc1cc(Cl)ccn1. The van der Waals surface area contributed by atoms with Crippen LogP contribution in [-0.2, 0) is 11.2 Å². The molecule has 2 atom stereocenters. The number of carbonyl (C=O) groups is 2. The van der Waals surface area contributed by atoms with Crippen LogP contribution >= 0.6 is 23.2 Å². The molecule has 6 nitrogen and oxygen atoms in total. The van der Waals surface area contributed by atoms with Crippen molar-refractivity contribution in [2.24, 2.45) is 0 Å². The zero-order valence-electron chi connectivity index (χ0n) is 15.5. The molecule has 1 aliphatic heterocycles. The van der Waals surface area contributed by atoms with Gasteiger partial charge in [-0.2, -0.15) is 0 Å². The number of aromatic nitrogens is 2. The van der Waals surface area contributed by atoms with Crippen LogP contribution in [0.15, 0.2) is 30.6 Å². The Hall–Kier alpha value is -2.32. The maximum absolute atomic E-state index is 14.5. The first kappa shape index (κ1) is 21.4. The fraction of sp³-hybridized carbons (Fsp3) is 0.368. The van der Waals surface area contributed by atoms with Crippen molar-refractivity contribution >= 4 is 40.8 Å². The van der Waals surface area contributed by atoms with Crippen molar-refractivity contribution in [2.45, 2.75) is 32.0 Å². The number of Topliss-reactive ketones (excluding diaryl/α,β-unsaturated/α-hetero) is 1. The van der Waals surface area contributed by atoms with Gasteiger partial charge >= 0.3 is 6.03 Å². The van der Waals surface area contributed by atoms with Gasteiger partial charge in [0.05, 0.1) is 30.6 Å². The van der Waals surface area contributed by atoms with Crippen LogP contribution in [0.1, 0.15) is 19.0 Å². The highest BCUT2D eigenvalue weighted by molar-refractivity contribution is 6.30. The van der Waals surface area contributed by atoms with Crippen molar-refractivity contribution in [2.75, 3.05) is 18.0 Å². The van der Waals surface area contributed by atoms with E-state index in [1.165, 1.54) is 12.4 Å². The van der Waals surface area contributed by atoms with E-state index in [0.29, 0.717) is 10.7 Å². The van der Waals surface area contributed by atoms with Gasteiger partial charge in [-0.25, -0.2) is 18.6 Å². The van der Waals surface area contributed by atoms with Crippen molar-refractivity contribution in [1.82, 2.24) is 14.9 Å². The largest absolute Gasteiger partial charge is 0.326 e. The first-order valence-corrected chi connectivity index (χ1v) is 9.71. The van der Waals surface area contributed by atoms with Gasteiger partial charge in [0.15, 0.2) is 17.4 Å². The summed E-state index contributed by atoms with van der Waals surface area (Å²) in [6.45, 7) is 1.18. The minimum atomic E-state index is -1.38. The molecule has 1 fully saturated rings. The second-order valence-electron chi connectivity index (χ2n) is 6.65. The third-order valence-electron chi connectivity index (χ3n) is 4.60. The van der Waals surface area contributed by atoms with Crippen molar-refractivity contribution < 1.29 is 18.4 Å². The molecule has 0 unspecified atom stereocenters. The predicted octanol–water partition coefficient (Wildman–Crippen LogP) is 4.09. The van der Waals surface area contributed by atoms with Crippen molar-refractivity contribution in [3.05, 3.63) is 52.1 Å². The molecule has 0 radical (unpaired) electrons. The Kier molecular flexibility index (Phi) is 6.64. The zero-order chi connectivity index (χ0) is 21.1. The minimum absolute atomic E-state index is 0.0618. The van der Waals surface area contributed by atoms with E-state index in [0.717, 1.165) is 15.9 Å². The summed E-state index contributed by atoms with van der Waals surface area (Å²) in [4.78, 5) is 35.5. The molecule has 0 aliphatic carbocycles. The maximum atomic E-state index is 14.5. The molecular formula is C19H18Cl2F2N4O2. The van der Waals surface area contributed by atoms with Gasteiger partial charge in [0, 0.05) is 23.1 Å². The second-order valence-corrected chi connectivity index (χ2v) is 7.53. The summed E-state index contributed by atoms with van der Waals surface area (Å²) in [5.74, 6) is -1.39. The first-order valence-electron chi connectivity index (χ1n) is 8.95. The summed E-state index contributed by atoms with van der Waals surface area (Å²) < 4.78 is 28.8. The Morgan fingerprint density at radius 2 is 2.07 bits per heavy atom. The molecular weight excluding hydrogens is 425 g/mol. The van der Waals surface area contributed by atoms with Crippen LogP contribution in [0.25, 0.3) is 0 Å². The minimum Gasteiger partial charge on any atom is -0.309 e. The van der Waals surface area contributed by atoms with Crippen molar-refractivity contribution in [1.29, 1.82) is 0 Å². The lowest BCUT2D eigenvalue weighted by molar-refractivity contribution is -0.119. The molecule has 2 aromatic rings. The average Bonchev–Trinajstić information content (AvgIpc) is 2.97. The van der Waals surface area contributed by atoms with Crippen LogP contribution in [0.3, 0.4) is 0 Å². The van der Waals surface area contributed by atoms with Gasteiger partial charge in [-0.3, -0.25) is 14.7 Å². The highest BCUT2D eigenvalue weighted by atomic mass is 35.5. The molecule has 0 aromatic carbocycles. The number of hydrogen-bond acceptors (Lipinski definition) is 4. The standard InChI is InChI=1S/C19H18Cl2F2N4O2/c1-2-15(22)17-10-27(18-16(23)6-12(21)8-25-18)19(29)26(17)9-14(28)7-13-5-11(20)3-4-24-13/h3-6,8,15,17H,2,7,9-10H2,1H3/t15-,17+/m0/s1. The van der Waals surface area contributed by atoms with Gasteiger partial charge in [-0.15, -0.1) is 0 Å². The fourth-order valence-electron chi connectivity index (χ4n) is 3.20. The number of amides is 2. The fourth-order valence-corrected chi connectivity index (χ4v) is 3.53. The Balaban J connectivity index is 1.81. The van der Waals surface area contributed by atoms with E-state index in [-0.39, 0.29) is 42.6 Å². The summed E-state index contributed by atoms with van der Waals surface area (Å²) in [5.41, 5.74) is 0.445. The molecule has 154 valence electrons. The van der Waals surface area contributed by atoms with E-state index in [1.54, 1.807) is 19.1 Å². The molecule has 2 aromatic heterocycles. The molecule has 10 heteroatoms. The molecule has 2 amide bonds. The smallest absolute Gasteiger partial charge is 0.309 e. The predicted molar refractivity (Wildman–Crippen MR) is 106 cm³/mol. The van der Waals surface area contributed by atoms with Gasteiger partial charge in [0.1, 0.15) is 6.17 Å². The molecule has 0 bridgehead atoms. The van der Waals surface area contributed by atoms with Crippen LogP contribution in [0.5, 0.6) is 0 Å².